The molecule has 0 atom stereocenters. The molecule has 0 aliphatic carbocycles. The van der Waals surface area contributed by atoms with E-state index in [4.69, 9.17) is 37.7 Å². The number of nitriles is 1. The van der Waals surface area contributed by atoms with Gasteiger partial charge in [-0.15, -0.1) is 0 Å². The molecule has 0 saturated heterocycles. The number of hydrogen-bond acceptors (Lipinski definition) is 6. The van der Waals surface area contributed by atoms with Crippen molar-refractivity contribution in [3.8, 4) is 29.0 Å². The van der Waals surface area contributed by atoms with Crippen LogP contribution in [0.15, 0.2) is 82.7 Å². The second-order valence-corrected chi connectivity index (χ2v) is 11.1. The summed E-state index contributed by atoms with van der Waals surface area (Å²) in [4.78, 5) is 18.6. The third-order valence-electron chi connectivity index (χ3n) is 7.05. The van der Waals surface area contributed by atoms with Gasteiger partial charge < -0.3 is 9.47 Å². The van der Waals surface area contributed by atoms with E-state index in [1.165, 1.54) is 10.9 Å². The van der Waals surface area contributed by atoms with Gasteiger partial charge >= 0.3 is 0 Å². The minimum absolute atomic E-state index is 0.123. The van der Waals surface area contributed by atoms with E-state index in [2.05, 4.69) is 25.0 Å². The highest BCUT2D eigenvalue weighted by Crippen LogP contribution is 2.36. The third-order valence-corrected chi connectivity index (χ3v) is 7.61. The summed E-state index contributed by atoms with van der Waals surface area (Å²) in [5.41, 5.74) is 4.68. The van der Waals surface area contributed by atoms with E-state index in [0.29, 0.717) is 33.4 Å². The van der Waals surface area contributed by atoms with Crippen LogP contribution < -0.4 is 15.0 Å². The summed E-state index contributed by atoms with van der Waals surface area (Å²) >= 11 is 13.1. The Kier molecular flexibility index (Phi) is 8.81. The average Bonchev–Trinajstić information content (AvgIpc) is 3.00. The van der Waals surface area contributed by atoms with Crippen molar-refractivity contribution in [1.29, 1.82) is 5.26 Å². The van der Waals surface area contributed by atoms with E-state index >= 15 is 0 Å². The summed E-state index contributed by atoms with van der Waals surface area (Å²) in [6.07, 6.45) is 1.51. The lowest BCUT2D eigenvalue weighted by Gasteiger charge is -2.17. The molecule has 0 amide bonds. The number of benzene rings is 4. The first-order valence-electron chi connectivity index (χ1n) is 13.6. The van der Waals surface area contributed by atoms with E-state index < -0.39 is 0 Å². The molecule has 216 valence electrons. The molecule has 0 fully saturated rings. The Morgan fingerprint density at radius 1 is 1.05 bits per heavy atom. The van der Waals surface area contributed by atoms with Crippen LogP contribution in [0.1, 0.15) is 47.6 Å². The normalized spacial score (nSPS) is 11.3. The number of aryl methyl sites for hydroxylation is 1. The Labute approximate surface area is 259 Å². The lowest BCUT2D eigenvalue weighted by atomic mass is 9.96. The number of rotatable bonds is 8. The lowest BCUT2D eigenvalue weighted by Crippen LogP contribution is -2.20. The van der Waals surface area contributed by atoms with Crippen molar-refractivity contribution in [3.63, 3.8) is 0 Å². The predicted octanol–water partition coefficient (Wildman–Crippen LogP) is 8.14. The van der Waals surface area contributed by atoms with E-state index in [1.54, 1.807) is 43.5 Å². The van der Waals surface area contributed by atoms with Crippen LogP contribution in [0.5, 0.6) is 11.5 Å². The molecule has 5 rings (SSSR count). The van der Waals surface area contributed by atoms with Crippen LogP contribution in [-0.4, -0.2) is 23.0 Å². The quantitative estimate of drug-likeness (QED) is 0.165. The van der Waals surface area contributed by atoms with Gasteiger partial charge in [0, 0.05) is 11.1 Å². The average molecular weight is 612 g/mol. The third kappa shape index (κ3) is 6.12. The van der Waals surface area contributed by atoms with Gasteiger partial charge in [-0.3, -0.25) is 4.79 Å². The van der Waals surface area contributed by atoms with Crippen LogP contribution in [0, 0.1) is 18.3 Å². The van der Waals surface area contributed by atoms with E-state index in [1.807, 2.05) is 43.3 Å². The SMILES string of the molecule is COc1cc(C)c(-c2nc3ccccc3c(=O)n2N=Cc2cc(Cl)c(OCc3ccccc3C#N)c(Cl)c2)cc1C(C)C. The maximum Gasteiger partial charge on any atom is 0.282 e. The van der Waals surface area contributed by atoms with Gasteiger partial charge in [0.05, 0.1) is 45.9 Å². The van der Waals surface area contributed by atoms with Crippen LogP contribution in [-0.2, 0) is 6.61 Å². The smallest absolute Gasteiger partial charge is 0.282 e. The maximum absolute atomic E-state index is 13.7. The molecule has 0 N–H and O–H groups in total. The van der Waals surface area contributed by atoms with Crippen LogP contribution in [0.2, 0.25) is 10.0 Å². The Balaban J connectivity index is 1.57. The van der Waals surface area contributed by atoms with Gasteiger partial charge in [-0.1, -0.05) is 67.4 Å². The Morgan fingerprint density at radius 2 is 1.74 bits per heavy atom. The van der Waals surface area contributed by atoms with Gasteiger partial charge in [0.25, 0.3) is 5.56 Å². The number of nitrogens with zero attached hydrogens (tertiary/aromatic N) is 4. The minimum atomic E-state index is -0.313. The molecule has 0 aliphatic rings. The summed E-state index contributed by atoms with van der Waals surface area (Å²) in [6, 6.07) is 23.7. The van der Waals surface area contributed by atoms with Crippen molar-refractivity contribution in [1.82, 2.24) is 9.66 Å². The highest BCUT2D eigenvalue weighted by molar-refractivity contribution is 6.37. The fraction of sp³-hybridized carbons (Fsp3) is 0.176. The van der Waals surface area contributed by atoms with Gasteiger partial charge in [-0.2, -0.15) is 15.0 Å². The van der Waals surface area contributed by atoms with Gasteiger partial charge in [-0.25, -0.2) is 4.98 Å². The van der Waals surface area contributed by atoms with Crippen molar-refractivity contribution in [2.24, 2.45) is 5.10 Å². The summed E-state index contributed by atoms with van der Waals surface area (Å²) in [5.74, 6) is 1.64. The maximum atomic E-state index is 13.7. The fourth-order valence-corrected chi connectivity index (χ4v) is 5.41. The first kappa shape index (κ1) is 29.8. The Morgan fingerprint density at radius 3 is 2.44 bits per heavy atom. The molecule has 0 radical (unpaired) electrons. The summed E-state index contributed by atoms with van der Waals surface area (Å²) in [7, 11) is 1.65. The number of hydrogen-bond donors (Lipinski definition) is 0. The van der Waals surface area contributed by atoms with Gasteiger partial charge in [0.1, 0.15) is 12.4 Å². The van der Waals surface area contributed by atoms with E-state index in [0.717, 1.165) is 22.4 Å². The summed E-state index contributed by atoms with van der Waals surface area (Å²) in [6.45, 7) is 6.24. The number of aromatic nitrogens is 2. The van der Waals surface area contributed by atoms with Crippen LogP contribution >= 0.6 is 23.2 Å². The zero-order chi connectivity index (χ0) is 30.7. The molecule has 5 aromatic rings. The predicted molar refractivity (Wildman–Crippen MR) is 172 cm³/mol. The largest absolute Gasteiger partial charge is 0.496 e. The van der Waals surface area contributed by atoms with Crippen molar-refractivity contribution < 1.29 is 9.47 Å². The molecular formula is C34H28Cl2N4O3. The molecule has 9 heteroatoms. The van der Waals surface area contributed by atoms with E-state index in [-0.39, 0.29) is 33.9 Å². The number of ether oxygens (including phenoxy) is 2. The standard InChI is InChI=1S/C34H28Cl2N4O3/c1-20(2)26-16-27(21(3)13-31(26)42-4)33-39-30-12-8-7-11-25(30)34(41)40(33)38-18-22-14-28(35)32(29(36)15-22)43-19-24-10-6-5-9-23(24)17-37/h5-16,18,20H,19H2,1-4H3. The number of methoxy groups -OCH3 is 1. The zero-order valence-corrected chi connectivity index (χ0v) is 25.6. The highest BCUT2D eigenvalue weighted by atomic mass is 35.5. The number of para-hydroxylation sites is 1. The first-order chi connectivity index (χ1) is 20.7. The lowest BCUT2D eigenvalue weighted by molar-refractivity contribution is 0.306. The molecule has 0 unspecified atom stereocenters. The molecule has 0 bridgehead atoms. The van der Waals surface area contributed by atoms with Crippen molar-refractivity contribution in [3.05, 3.63) is 121 Å². The Bertz CT molecular complexity index is 1950. The molecule has 7 nitrogen and oxygen atoms in total. The zero-order valence-electron chi connectivity index (χ0n) is 24.1. The fourth-order valence-electron chi connectivity index (χ4n) is 4.79. The highest BCUT2D eigenvalue weighted by Gasteiger charge is 2.19. The topological polar surface area (TPSA) is 89.5 Å². The van der Waals surface area contributed by atoms with Gasteiger partial charge in [0.15, 0.2) is 11.6 Å². The molecule has 0 aliphatic heterocycles. The van der Waals surface area contributed by atoms with Gasteiger partial charge in [0.2, 0.25) is 0 Å². The molecule has 1 aromatic heterocycles. The summed E-state index contributed by atoms with van der Waals surface area (Å²) in [5, 5.41) is 14.9. The molecule has 0 spiro atoms. The van der Waals surface area contributed by atoms with Crippen molar-refractivity contribution in [2.45, 2.75) is 33.3 Å². The molecular weight excluding hydrogens is 583 g/mol. The summed E-state index contributed by atoms with van der Waals surface area (Å²) < 4.78 is 12.8. The second kappa shape index (κ2) is 12.7. The first-order valence-corrected chi connectivity index (χ1v) is 14.3. The molecule has 1 heterocycles. The van der Waals surface area contributed by atoms with E-state index in [9.17, 15) is 10.1 Å². The minimum Gasteiger partial charge on any atom is -0.496 e. The van der Waals surface area contributed by atoms with Gasteiger partial charge in [-0.05, 0) is 72.0 Å². The van der Waals surface area contributed by atoms with Crippen molar-refractivity contribution >= 4 is 40.3 Å². The van der Waals surface area contributed by atoms with Crippen LogP contribution in [0.25, 0.3) is 22.3 Å². The molecule has 0 saturated carbocycles. The van der Waals surface area contributed by atoms with Crippen LogP contribution in [0.4, 0.5) is 0 Å². The van der Waals surface area contributed by atoms with Crippen LogP contribution in [0.3, 0.4) is 0 Å². The molecule has 4 aromatic carbocycles. The monoisotopic (exact) mass is 610 g/mol. The molecule has 43 heavy (non-hydrogen) atoms. The Hall–Kier alpha value is -4.64. The van der Waals surface area contributed by atoms with Crippen molar-refractivity contribution in [2.75, 3.05) is 7.11 Å². The number of halogens is 2. The second-order valence-electron chi connectivity index (χ2n) is 10.2. The number of fused-ring (bicyclic) bond motifs is 1.